The number of thiophene rings is 1. The second kappa shape index (κ2) is 6.94. The summed E-state index contributed by atoms with van der Waals surface area (Å²) in [5.41, 5.74) is 0.874. The van der Waals surface area contributed by atoms with Crippen LogP contribution in [0.2, 0.25) is 0 Å². The largest absolute Gasteiger partial charge is 0.295 e. The van der Waals surface area contributed by atoms with Gasteiger partial charge in [0.25, 0.3) is 0 Å². The summed E-state index contributed by atoms with van der Waals surface area (Å²) >= 11 is 1.77. The maximum Gasteiger partial charge on any atom is 0.155 e. The number of likely N-dealkylation sites (tertiary alicyclic amines) is 1. The van der Waals surface area contributed by atoms with Crippen molar-refractivity contribution < 1.29 is 8.42 Å². The zero-order valence-corrected chi connectivity index (χ0v) is 14.2. The van der Waals surface area contributed by atoms with Crippen molar-refractivity contribution in [1.29, 1.82) is 0 Å². The summed E-state index contributed by atoms with van der Waals surface area (Å²) in [6, 6.07) is 14.1. The Morgan fingerprint density at radius 1 is 1.14 bits per heavy atom. The Balaban J connectivity index is 1.59. The zero-order chi connectivity index (χ0) is 15.4. The predicted molar refractivity (Wildman–Crippen MR) is 91.8 cm³/mol. The van der Waals surface area contributed by atoms with Gasteiger partial charge in [-0.05, 0) is 36.4 Å². The predicted octanol–water partition coefficient (Wildman–Crippen LogP) is 3.50. The van der Waals surface area contributed by atoms with Crippen LogP contribution in [-0.4, -0.2) is 32.2 Å². The molecule has 0 radical (unpaired) electrons. The van der Waals surface area contributed by atoms with Gasteiger partial charge in [-0.3, -0.25) is 4.90 Å². The second-order valence-corrected chi connectivity index (χ2v) is 8.95. The van der Waals surface area contributed by atoms with E-state index in [2.05, 4.69) is 22.4 Å². The van der Waals surface area contributed by atoms with E-state index >= 15 is 0 Å². The minimum absolute atomic E-state index is 0.144. The smallest absolute Gasteiger partial charge is 0.155 e. The fraction of sp³-hybridized carbons (Fsp3) is 0.412. The van der Waals surface area contributed by atoms with Crippen LogP contribution < -0.4 is 0 Å². The van der Waals surface area contributed by atoms with Crippen LogP contribution in [0.25, 0.3) is 0 Å². The van der Waals surface area contributed by atoms with E-state index in [0.717, 1.165) is 24.9 Å². The number of benzene rings is 1. The molecule has 3 rings (SSSR count). The molecule has 5 heteroatoms. The van der Waals surface area contributed by atoms with E-state index in [1.54, 1.807) is 11.3 Å². The molecule has 0 saturated carbocycles. The first-order chi connectivity index (χ1) is 10.6. The standard InChI is InChI=1S/C17H21NO2S2/c19-22(20,14-15-6-2-1-3-7-15)13-11-18-10-4-8-16(18)17-9-5-12-21-17/h1-3,5-7,9,12,16H,4,8,10-11,13-14H2/t16-/m0/s1. The second-order valence-electron chi connectivity index (χ2n) is 5.79. The quantitative estimate of drug-likeness (QED) is 0.811. The van der Waals surface area contributed by atoms with Crippen molar-refractivity contribution >= 4 is 21.2 Å². The van der Waals surface area contributed by atoms with Crippen LogP contribution in [0.4, 0.5) is 0 Å². The molecule has 0 aliphatic carbocycles. The first-order valence-electron chi connectivity index (χ1n) is 7.66. The van der Waals surface area contributed by atoms with Crippen molar-refractivity contribution in [1.82, 2.24) is 4.90 Å². The lowest BCUT2D eigenvalue weighted by atomic mass is 10.2. The minimum Gasteiger partial charge on any atom is -0.295 e. The summed E-state index contributed by atoms with van der Waals surface area (Å²) in [6.07, 6.45) is 2.29. The van der Waals surface area contributed by atoms with Crippen LogP contribution in [0, 0.1) is 0 Å². The summed E-state index contributed by atoms with van der Waals surface area (Å²) in [5.74, 6) is 0.384. The molecule has 0 amide bonds. The van der Waals surface area contributed by atoms with Gasteiger partial charge in [0, 0.05) is 17.5 Å². The molecule has 1 atom stereocenters. The van der Waals surface area contributed by atoms with Gasteiger partial charge in [0.2, 0.25) is 0 Å². The summed E-state index contributed by atoms with van der Waals surface area (Å²) < 4.78 is 24.7. The van der Waals surface area contributed by atoms with Crippen LogP contribution in [-0.2, 0) is 15.6 Å². The zero-order valence-electron chi connectivity index (χ0n) is 12.5. The monoisotopic (exact) mass is 335 g/mol. The molecule has 1 aliphatic rings. The average molecular weight is 335 g/mol. The third-order valence-electron chi connectivity index (χ3n) is 4.15. The third kappa shape index (κ3) is 3.97. The maximum atomic E-state index is 12.3. The van der Waals surface area contributed by atoms with Crippen molar-refractivity contribution in [3.63, 3.8) is 0 Å². The van der Waals surface area contributed by atoms with Crippen LogP contribution in [0.3, 0.4) is 0 Å². The highest BCUT2D eigenvalue weighted by atomic mass is 32.2. The fourth-order valence-corrected chi connectivity index (χ4v) is 5.31. The molecule has 1 aromatic heterocycles. The van der Waals surface area contributed by atoms with Gasteiger partial charge in [-0.15, -0.1) is 11.3 Å². The Hall–Kier alpha value is -1.17. The van der Waals surface area contributed by atoms with Crippen molar-refractivity contribution in [3.8, 4) is 0 Å². The molecule has 2 aromatic rings. The van der Waals surface area contributed by atoms with Gasteiger partial charge in [0.1, 0.15) is 0 Å². The molecule has 1 saturated heterocycles. The lowest BCUT2D eigenvalue weighted by Crippen LogP contribution is -2.29. The first-order valence-corrected chi connectivity index (χ1v) is 10.4. The van der Waals surface area contributed by atoms with E-state index in [4.69, 9.17) is 0 Å². The number of rotatable bonds is 6. The Kier molecular flexibility index (Phi) is 4.96. The molecular weight excluding hydrogens is 314 g/mol. The molecule has 0 unspecified atom stereocenters. The average Bonchev–Trinajstić information content (AvgIpc) is 3.17. The summed E-state index contributed by atoms with van der Waals surface area (Å²) in [6.45, 7) is 1.64. The van der Waals surface area contributed by atoms with Gasteiger partial charge in [-0.2, -0.15) is 0 Å². The number of hydrogen-bond acceptors (Lipinski definition) is 4. The summed E-state index contributed by atoms with van der Waals surface area (Å²) in [7, 11) is -3.05. The van der Waals surface area contributed by atoms with Gasteiger partial charge in [0.15, 0.2) is 9.84 Å². The van der Waals surface area contributed by atoms with Crippen molar-refractivity contribution in [2.24, 2.45) is 0 Å². The topological polar surface area (TPSA) is 37.4 Å². The Morgan fingerprint density at radius 3 is 2.68 bits per heavy atom. The van der Waals surface area contributed by atoms with Gasteiger partial charge >= 0.3 is 0 Å². The Bertz CT molecular complexity index is 681. The molecular formula is C17H21NO2S2. The Morgan fingerprint density at radius 2 is 1.95 bits per heavy atom. The van der Waals surface area contributed by atoms with Crippen molar-refractivity contribution in [3.05, 3.63) is 58.3 Å². The van der Waals surface area contributed by atoms with Crippen molar-refractivity contribution in [2.45, 2.75) is 24.6 Å². The Labute approximate surface area is 136 Å². The van der Waals surface area contributed by atoms with Crippen LogP contribution in [0.15, 0.2) is 47.8 Å². The van der Waals surface area contributed by atoms with Gasteiger partial charge in [0.05, 0.1) is 11.5 Å². The highest BCUT2D eigenvalue weighted by Crippen LogP contribution is 2.34. The molecule has 0 spiro atoms. The number of nitrogens with zero attached hydrogens (tertiary/aromatic N) is 1. The van der Waals surface area contributed by atoms with Gasteiger partial charge < -0.3 is 0 Å². The number of hydrogen-bond donors (Lipinski definition) is 0. The van der Waals surface area contributed by atoms with Crippen LogP contribution in [0.5, 0.6) is 0 Å². The minimum atomic E-state index is -3.05. The lowest BCUT2D eigenvalue weighted by molar-refractivity contribution is 0.276. The molecule has 22 heavy (non-hydrogen) atoms. The molecule has 1 aliphatic heterocycles. The lowest BCUT2D eigenvalue weighted by Gasteiger charge is -2.23. The molecule has 118 valence electrons. The maximum absolute atomic E-state index is 12.3. The van der Waals surface area contributed by atoms with Crippen LogP contribution >= 0.6 is 11.3 Å². The summed E-state index contributed by atoms with van der Waals surface area (Å²) in [4.78, 5) is 3.69. The fourth-order valence-electron chi connectivity index (χ4n) is 3.05. The van der Waals surface area contributed by atoms with E-state index in [-0.39, 0.29) is 11.5 Å². The molecule has 3 nitrogen and oxygen atoms in total. The number of sulfone groups is 1. The molecule has 2 heterocycles. The van der Waals surface area contributed by atoms with Crippen LogP contribution in [0.1, 0.15) is 29.3 Å². The SMILES string of the molecule is O=S(=O)(CCN1CCC[C@H]1c1cccs1)Cc1ccccc1. The van der Waals surface area contributed by atoms with E-state index in [1.807, 2.05) is 30.3 Å². The van der Waals surface area contributed by atoms with E-state index in [1.165, 1.54) is 4.88 Å². The van der Waals surface area contributed by atoms with E-state index < -0.39 is 9.84 Å². The van der Waals surface area contributed by atoms with E-state index in [9.17, 15) is 8.42 Å². The van der Waals surface area contributed by atoms with Gasteiger partial charge in [-0.25, -0.2) is 8.42 Å². The molecule has 0 bridgehead atoms. The molecule has 0 N–H and O–H groups in total. The highest BCUT2D eigenvalue weighted by molar-refractivity contribution is 7.90. The van der Waals surface area contributed by atoms with Crippen molar-refractivity contribution in [2.75, 3.05) is 18.8 Å². The normalized spacial score (nSPS) is 19.5. The summed E-state index contributed by atoms with van der Waals surface area (Å²) in [5, 5.41) is 2.10. The molecule has 1 aromatic carbocycles. The molecule has 1 fully saturated rings. The highest BCUT2D eigenvalue weighted by Gasteiger charge is 2.27. The third-order valence-corrected chi connectivity index (χ3v) is 6.71. The van der Waals surface area contributed by atoms with Gasteiger partial charge in [-0.1, -0.05) is 36.4 Å². The van der Waals surface area contributed by atoms with E-state index in [0.29, 0.717) is 12.6 Å². The first kappa shape index (κ1) is 15.7.